The number of methoxy groups -OCH3 is 1. The second-order valence-corrected chi connectivity index (χ2v) is 12.4. The minimum Gasteiger partial charge on any atom is -0.497 e. The Balaban J connectivity index is 1.76. The summed E-state index contributed by atoms with van der Waals surface area (Å²) in [5, 5.41) is 8.31. The minimum atomic E-state index is -0.924. The zero-order valence-electron chi connectivity index (χ0n) is 18.8. The van der Waals surface area contributed by atoms with Crippen LogP contribution in [0.5, 0.6) is 5.75 Å². The molecule has 0 saturated carbocycles. The van der Waals surface area contributed by atoms with Gasteiger partial charge < -0.3 is 25.6 Å². The van der Waals surface area contributed by atoms with Crippen LogP contribution in [0.1, 0.15) is 11.6 Å². The van der Waals surface area contributed by atoms with Crippen molar-refractivity contribution in [2.45, 2.75) is 10.9 Å². The lowest BCUT2D eigenvalue weighted by molar-refractivity contribution is -0.126. The van der Waals surface area contributed by atoms with Crippen LogP contribution in [0.3, 0.4) is 0 Å². The monoisotopic (exact) mass is 458 g/mol. The van der Waals surface area contributed by atoms with Crippen molar-refractivity contribution in [1.82, 2.24) is 15.5 Å². The Labute approximate surface area is 190 Å². The van der Waals surface area contributed by atoms with Crippen LogP contribution in [-0.2, 0) is 9.59 Å². The summed E-state index contributed by atoms with van der Waals surface area (Å²) < 4.78 is 5.19. The fourth-order valence-corrected chi connectivity index (χ4v) is 4.25. The summed E-state index contributed by atoms with van der Waals surface area (Å²) in [5.74, 6) is -0.136. The molecule has 2 aromatic rings. The van der Waals surface area contributed by atoms with Crippen LogP contribution >= 0.6 is 10.0 Å². The lowest BCUT2D eigenvalue weighted by Gasteiger charge is -2.26. The van der Waals surface area contributed by atoms with Crippen molar-refractivity contribution in [3.8, 4) is 5.75 Å². The second-order valence-electron chi connectivity index (χ2n) is 8.28. The standard InChI is InChI=1S/C23H30N4O4S/c1-31-18-9-5-16(6-10-18)21(26-20(28)15-27-14-13-24-23(27)30)22(29)25-17-7-11-19(12-8-17)32(2,3)4/h5-12,21H,13-15H2,1-4H3,(H,24,30)(H,25,29)(H,26,28). The van der Waals surface area contributed by atoms with Crippen LogP contribution in [0.2, 0.25) is 0 Å². The highest BCUT2D eigenvalue weighted by Crippen LogP contribution is 2.45. The summed E-state index contributed by atoms with van der Waals surface area (Å²) in [7, 11) is 0.696. The normalized spacial score (nSPS) is 15.0. The van der Waals surface area contributed by atoms with Crippen molar-refractivity contribution in [2.75, 3.05) is 50.8 Å². The molecule has 172 valence electrons. The predicted octanol–water partition coefficient (Wildman–Crippen LogP) is 2.57. The lowest BCUT2D eigenvalue weighted by Crippen LogP contribution is -2.43. The molecule has 1 unspecified atom stereocenters. The Morgan fingerprint density at radius 1 is 1.09 bits per heavy atom. The number of benzene rings is 2. The van der Waals surface area contributed by atoms with Gasteiger partial charge in [-0.1, -0.05) is 12.1 Å². The molecule has 0 aliphatic carbocycles. The molecular formula is C23H30N4O4S. The number of hydrogen-bond acceptors (Lipinski definition) is 4. The highest BCUT2D eigenvalue weighted by Gasteiger charge is 2.27. The van der Waals surface area contributed by atoms with E-state index in [4.69, 9.17) is 4.74 Å². The molecule has 8 nitrogen and oxygen atoms in total. The number of amides is 4. The molecule has 3 rings (SSSR count). The molecule has 1 aliphatic heterocycles. The Hall–Kier alpha value is -3.20. The van der Waals surface area contributed by atoms with Gasteiger partial charge in [0.05, 0.1) is 7.11 Å². The molecule has 1 heterocycles. The molecule has 0 aromatic heterocycles. The summed E-state index contributed by atoms with van der Waals surface area (Å²) in [6.07, 6.45) is 6.61. The van der Waals surface area contributed by atoms with E-state index >= 15 is 0 Å². The highest BCUT2D eigenvalue weighted by atomic mass is 32.3. The maximum Gasteiger partial charge on any atom is 0.317 e. The van der Waals surface area contributed by atoms with E-state index in [1.807, 2.05) is 24.3 Å². The Morgan fingerprint density at radius 3 is 2.28 bits per heavy atom. The van der Waals surface area contributed by atoms with E-state index in [9.17, 15) is 14.4 Å². The first kappa shape index (κ1) is 23.5. The van der Waals surface area contributed by atoms with E-state index in [1.165, 1.54) is 9.80 Å². The number of urea groups is 1. The van der Waals surface area contributed by atoms with Gasteiger partial charge in [-0.25, -0.2) is 14.8 Å². The number of anilines is 1. The van der Waals surface area contributed by atoms with Crippen LogP contribution in [-0.4, -0.2) is 68.3 Å². The third-order valence-electron chi connectivity index (χ3n) is 5.13. The van der Waals surface area contributed by atoms with Crippen molar-refractivity contribution >= 4 is 33.6 Å². The average molecular weight is 459 g/mol. The molecule has 32 heavy (non-hydrogen) atoms. The van der Waals surface area contributed by atoms with Crippen LogP contribution in [0, 0.1) is 0 Å². The van der Waals surface area contributed by atoms with Gasteiger partial charge in [-0.05, 0) is 65.6 Å². The van der Waals surface area contributed by atoms with E-state index in [0.717, 1.165) is 0 Å². The maximum atomic E-state index is 13.1. The van der Waals surface area contributed by atoms with Crippen molar-refractivity contribution in [2.24, 2.45) is 0 Å². The van der Waals surface area contributed by atoms with Gasteiger partial charge >= 0.3 is 6.03 Å². The van der Waals surface area contributed by atoms with E-state index < -0.39 is 22.0 Å². The molecule has 1 atom stereocenters. The zero-order valence-corrected chi connectivity index (χ0v) is 19.6. The molecule has 4 amide bonds. The largest absolute Gasteiger partial charge is 0.497 e. The van der Waals surface area contributed by atoms with E-state index in [1.54, 1.807) is 31.4 Å². The summed E-state index contributed by atoms with van der Waals surface area (Å²) >= 11 is 0. The van der Waals surface area contributed by atoms with Crippen molar-refractivity contribution in [1.29, 1.82) is 0 Å². The quantitative estimate of drug-likeness (QED) is 0.566. The fourth-order valence-electron chi connectivity index (χ4n) is 3.30. The van der Waals surface area contributed by atoms with E-state index in [2.05, 4.69) is 34.7 Å². The van der Waals surface area contributed by atoms with Crippen molar-refractivity contribution in [3.05, 3.63) is 54.1 Å². The molecule has 1 aliphatic rings. The van der Waals surface area contributed by atoms with Gasteiger partial charge in [0.2, 0.25) is 5.91 Å². The van der Waals surface area contributed by atoms with Crippen LogP contribution in [0.4, 0.5) is 10.5 Å². The van der Waals surface area contributed by atoms with Gasteiger partial charge in [0.1, 0.15) is 18.3 Å². The van der Waals surface area contributed by atoms with Crippen LogP contribution in [0.15, 0.2) is 53.4 Å². The Morgan fingerprint density at radius 2 is 1.75 bits per heavy atom. The van der Waals surface area contributed by atoms with Gasteiger partial charge in [0.15, 0.2) is 0 Å². The summed E-state index contributed by atoms with van der Waals surface area (Å²) in [5.41, 5.74) is 1.26. The van der Waals surface area contributed by atoms with E-state index in [0.29, 0.717) is 30.1 Å². The number of nitrogens with zero attached hydrogens (tertiary/aromatic N) is 1. The highest BCUT2D eigenvalue weighted by molar-refractivity contribution is 8.32. The predicted molar refractivity (Wildman–Crippen MR) is 128 cm³/mol. The van der Waals surface area contributed by atoms with Crippen LogP contribution in [0.25, 0.3) is 0 Å². The van der Waals surface area contributed by atoms with Crippen molar-refractivity contribution < 1.29 is 19.1 Å². The number of carbonyl (C=O) groups is 3. The number of ether oxygens (including phenoxy) is 1. The molecule has 1 saturated heterocycles. The first-order valence-corrected chi connectivity index (χ1v) is 13.1. The van der Waals surface area contributed by atoms with Crippen LogP contribution < -0.4 is 20.7 Å². The maximum absolute atomic E-state index is 13.1. The summed E-state index contributed by atoms with van der Waals surface area (Å²) in [6, 6.07) is 13.5. The van der Waals surface area contributed by atoms with E-state index in [-0.39, 0.29) is 18.5 Å². The minimum absolute atomic E-state index is 0.116. The molecule has 0 bridgehead atoms. The SMILES string of the molecule is COc1ccc(C(NC(=O)CN2CCNC2=O)C(=O)Nc2ccc(S(C)(C)C)cc2)cc1. The van der Waals surface area contributed by atoms with Gasteiger partial charge in [-0.2, -0.15) is 0 Å². The number of rotatable bonds is 8. The molecule has 0 spiro atoms. The summed E-state index contributed by atoms with van der Waals surface area (Å²) in [6.45, 7) is 0.837. The molecule has 9 heteroatoms. The molecule has 1 fully saturated rings. The topological polar surface area (TPSA) is 99.8 Å². The fraction of sp³-hybridized carbons (Fsp3) is 0.348. The van der Waals surface area contributed by atoms with Gasteiger partial charge in [0.25, 0.3) is 5.91 Å². The summed E-state index contributed by atoms with van der Waals surface area (Å²) in [4.78, 5) is 40.2. The first-order chi connectivity index (χ1) is 15.2. The number of carbonyl (C=O) groups excluding carboxylic acids is 3. The number of nitrogens with one attached hydrogen (secondary N) is 3. The van der Waals surface area contributed by atoms with Gasteiger partial charge in [0, 0.05) is 18.8 Å². The molecule has 0 radical (unpaired) electrons. The number of hydrogen-bond donors (Lipinski definition) is 3. The third-order valence-corrected chi connectivity index (χ3v) is 6.81. The molecular weight excluding hydrogens is 428 g/mol. The average Bonchev–Trinajstić information content (AvgIpc) is 3.16. The molecule has 3 N–H and O–H groups in total. The second kappa shape index (κ2) is 9.95. The lowest BCUT2D eigenvalue weighted by atomic mass is 10.1. The van der Waals surface area contributed by atoms with Crippen molar-refractivity contribution in [3.63, 3.8) is 0 Å². The Kier molecular flexibility index (Phi) is 7.29. The smallest absolute Gasteiger partial charge is 0.317 e. The third kappa shape index (κ3) is 5.94. The zero-order chi connectivity index (χ0) is 23.3. The first-order valence-electron chi connectivity index (χ1n) is 10.2. The Bertz CT molecular complexity index is 971. The molecule has 2 aromatic carbocycles. The van der Waals surface area contributed by atoms with Gasteiger partial charge in [-0.3, -0.25) is 9.59 Å². The van der Waals surface area contributed by atoms with Gasteiger partial charge in [-0.15, -0.1) is 0 Å².